The molecule has 10 nitrogen and oxygen atoms in total. The summed E-state index contributed by atoms with van der Waals surface area (Å²) in [6.45, 7) is 9.32. The van der Waals surface area contributed by atoms with E-state index >= 15 is 0 Å². The summed E-state index contributed by atoms with van der Waals surface area (Å²) in [5.41, 5.74) is -1.07. The van der Waals surface area contributed by atoms with Gasteiger partial charge in [0, 0.05) is 41.5 Å². The summed E-state index contributed by atoms with van der Waals surface area (Å²) in [7, 11) is -4.28. The summed E-state index contributed by atoms with van der Waals surface area (Å²) in [6.07, 6.45) is 2.77. The van der Waals surface area contributed by atoms with Crippen molar-refractivity contribution < 1.29 is 27.5 Å². The molecule has 3 amide bonds. The fourth-order valence-electron chi connectivity index (χ4n) is 5.49. The lowest BCUT2D eigenvalue weighted by atomic mass is 9.88. The van der Waals surface area contributed by atoms with Crippen LogP contribution in [0.4, 0.5) is 4.79 Å². The molecular weight excluding hydrogens is 580 g/mol. The molecule has 1 saturated carbocycles. The molecule has 5 rings (SSSR count). The van der Waals surface area contributed by atoms with Gasteiger partial charge < -0.3 is 19.9 Å². The third-order valence-corrected chi connectivity index (χ3v) is 9.35. The standard InChI is InChI=1S/C30H33ClN4O6S/c1-5-20-15-30(20,27(37)34-42(39,40)24-8-6-7-19-13-14-32-25(19)24)33-26(36)23-17-35(28(38)41-29(2,3)4)16-22(23)18-9-11-21(31)12-10-18/h5-14,20,22-23,32H,1,15-17H2,2-4H3,(H,33,36)(H,34,37)/t20-,22-,23+,30-/m1/s1. The predicted molar refractivity (Wildman–Crippen MR) is 158 cm³/mol. The van der Waals surface area contributed by atoms with Crippen molar-refractivity contribution in [2.75, 3.05) is 13.1 Å². The quantitative estimate of drug-likeness (QED) is 0.340. The lowest BCUT2D eigenvalue weighted by Gasteiger charge is -2.24. The van der Waals surface area contributed by atoms with Crippen LogP contribution in [-0.4, -0.2) is 60.4 Å². The lowest BCUT2D eigenvalue weighted by Crippen LogP contribution is -2.53. The number of aromatic nitrogens is 1. The summed E-state index contributed by atoms with van der Waals surface area (Å²) in [6, 6.07) is 13.5. The molecule has 1 aliphatic heterocycles. The number of rotatable bonds is 7. The Hall–Kier alpha value is -3.83. The third kappa shape index (κ3) is 5.76. The second-order valence-corrected chi connectivity index (χ2v) is 13.9. The van der Waals surface area contributed by atoms with Crippen LogP contribution in [0, 0.1) is 11.8 Å². The molecule has 3 aromatic rings. The molecule has 3 N–H and O–H groups in total. The number of carbonyl (C=O) groups excluding carboxylic acids is 3. The maximum Gasteiger partial charge on any atom is 0.410 e. The van der Waals surface area contributed by atoms with Crippen LogP contribution in [-0.2, 0) is 24.3 Å². The minimum absolute atomic E-state index is 0.0532. The first kappa shape index (κ1) is 29.7. The summed E-state index contributed by atoms with van der Waals surface area (Å²) in [4.78, 5) is 44.6. The number of ether oxygens (including phenoxy) is 1. The van der Waals surface area contributed by atoms with Gasteiger partial charge in [-0.25, -0.2) is 17.9 Å². The van der Waals surface area contributed by atoms with Gasteiger partial charge in [-0.05, 0) is 57.0 Å². The maximum atomic E-state index is 13.9. The summed E-state index contributed by atoms with van der Waals surface area (Å²) >= 11 is 6.09. The van der Waals surface area contributed by atoms with Crippen LogP contribution in [0.15, 0.2) is 72.3 Å². The molecule has 222 valence electrons. The van der Waals surface area contributed by atoms with Crippen LogP contribution in [0.5, 0.6) is 0 Å². The van der Waals surface area contributed by atoms with Crippen LogP contribution < -0.4 is 10.0 Å². The van der Waals surface area contributed by atoms with Gasteiger partial charge >= 0.3 is 6.09 Å². The number of amides is 3. The molecule has 2 aromatic carbocycles. The minimum atomic E-state index is -4.28. The Morgan fingerprint density at radius 1 is 1.12 bits per heavy atom. The number of benzene rings is 2. The highest BCUT2D eigenvalue weighted by molar-refractivity contribution is 7.90. The van der Waals surface area contributed by atoms with Gasteiger partial charge in [-0.15, -0.1) is 6.58 Å². The van der Waals surface area contributed by atoms with Crippen molar-refractivity contribution >= 4 is 50.4 Å². The Labute approximate surface area is 249 Å². The smallest absolute Gasteiger partial charge is 0.410 e. The van der Waals surface area contributed by atoms with E-state index in [0.717, 1.165) is 5.56 Å². The van der Waals surface area contributed by atoms with E-state index in [9.17, 15) is 22.8 Å². The largest absolute Gasteiger partial charge is 0.444 e. The number of hydrogen-bond donors (Lipinski definition) is 3. The zero-order valence-electron chi connectivity index (χ0n) is 23.5. The van der Waals surface area contributed by atoms with E-state index in [4.69, 9.17) is 16.3 Å². The molecule has 1 saturated heterocycles. The fraction of sp³-hybridized carbons (Fsp3) is 0.367. The van der Waals surface area contributed by atoms with Crippen molar-refractivity contribution in [2.45, 2.75) is 49.1 Å². The van der Waals surface area contributed by atoms with Gasteiger partial charge in [0.1, 0.15) is 16.0 Å². The Bertz CT molecular complexity index is 1660. The number of H-pyrrole nitrogens is 1. The molecule has 2 aliphatic rings. The first-order chi connectivity index (χ1) is 19.7. The first-order valence-corrected chi connectivity index (χ1v) is 15.4. The number of aromatic amines is 1. The average molecular weight is 613 g/mol. The number of carbonyl (C=O) groups is 3. The highest BCUT2D eigenvalue weighted by atomic mass is 35.5. The summed E-state index contributed by atoms with van der Waals surface area (Å²) in [5.74, 6) is -2.96. The molecule has 0 unspecified atom stereocenters. The van der Waals surface area contributed by atoms with Crippen molar-refractivity contribution in [3.05, 3.63) is 78.0 Å². The Morgan fingerprint density at radius 3 is 2.48 bits per heavy atom. The van der Waals surface area contributed by atoms with Gasteiger partial charge in [0.2, 0.25) is 5.91 Å². The van der Waals surface area contributed by atoms with Crippen LogP contribution in [0.3, 0.4) is 0 Å². The van der Waals surface area contributed by atoms with Crippen molar-refractivity contribution in [3.63, 3.8) is 0 Å². The molecule has 4 atom stereocenters. The van der Waals surface area contributed by atoms with Crippen molar-refractivity contribution in [1.29, 1.82) is 0 Å². The highest BCUT2D eigenvalue weighted by Gasteiger charge is 2.61. The van der Waals surface area contributed by atoms with E-state index in [0.29, 0.717) is 15.9 Å². The first-order valence-electron chi connectivity index (χ1n) is 13.6. The van der Waals surface area contributed by atoms with Crippen molar-refractivity contribution in [3.8, 4) is 0 Å². The zero-order chi connectivity index (χ0) is 30.4. The number of likely N-dealkylation sites (tertiary alicyclic amines) is 1. The molecule has 42 heavy (non-hydrogen) atoms. The Balaban J connectivity index is 1.39. The topological polar surface area (TPSA) is 138 Å². The normalized spacial score (nSPS) is 23.8. The van der Waals surface area contributed by atoms with Gasteiger partial charge in [0.05, 0.1) is 11.4 Å². The van der Waals surface area contributed by atoms with Crippen LogP contribution >= 0.6 is 11.6 Å². The van der Waals surface area contributed by atoms with E-state index in [-0.39, 0.29) is 24.4 Å². The molecule has 2 heterocycles. The molecule has 2 fully saturated rings. The zero-order valence-corrected chi connectivity index (χ0v) is 25.1. The number of nitrogens with one attached hydrogen (secondary N) is 3. The number of sulfonamides is 1. The Kier molecular flexibility index (Phi) is 7.61. The van der Waals surface area contributed by atoms with E-state index in [1.54, 1.807) is 69.4 Å². The number of para-hydroxylation sites is 1. The number of nitrogens with zero attached hydrogens (tertiary/aromatic N) is 1. The van der Waals surface area contributed by atoms with Gasteiger partial charge in [-0.3, -0.25) is 9.59 Å². The van der Waals surface area contributed by atoms with Crippen molar-refractivity contribution in [2.24, 2.45) is 11.8 Å². The fourth-order valence-corrected chi connectivity index (χ4v) is 6.85. The number of fused-ring (bicyclic) bond motifs is 1. The predicted octanol–water partition coefficient (Wildman–Crippen LogP) is 4.34. The third-order valence-electron chi connectivity index (χ3n) is 7.72. The van der Waals surface area contributed by atoms with Gasteiger partial charge in [-0.2, -0.15) is 0 Å². The van der Waals surface area contributed by atoms with Gasteiger partial charge in [-0.1, -0.05) is 41.9 Å². The highest BCUT2D eigenvalue weighted by Crippen LogP contribution is 2.46. The van der Waals surface area contributed by atoms with E-state index in [1.807, 2.05) is 0 Å². The molecule has 0 bridgehead atoms. The van der Waals surface area contributed by atoms with Crippen LogP contribution in [0.2, 0.25) is 5.02 Å². The SMILES string of the molecule is C=C[C@@H]1C[C@]1(NC(=O)[C@H]1CN(C(=O)OC(C)(C)C)C[C@@H]1c1ccc(Cl)cc1)C(=O)NS(=O)(=O)c1cccc2cc[nH]c12. The van der Waals surface area contributed by atoms with Gasteiger partial charge in [0.15, 0.2) is 0 Å². The van der Waals surface area contributed by atoms with Crippen LogP contribution in [0.25, 0.3) is 10.9 Å². The summed E-state index contributed by atoms with van der Waals surface area (Å²) in [5, 5.41) is 4.04. The minimum Gasteiger partial charge on any atom is -0.444 e. The average Bonchev–Trinajstić information content (AvgIpc) is 3.24. The second-order valence-electron chi connectivity index (χ2n) is 11.8. The summed E-state index contributed by atoms with van der Waals surface area (Å²) < 4.78 is 34.3. The molecule has 12 heteroatoms. The van der Waals surface area contributed by atoms with Gasteiger partial charge in [0.25, 0.3) is 15.9 Å². The molecular formula is C30H33ClN4O6S. The number of halogens is 1. The Morgan fingerprint density at radius 2 is 1.83 bits per heavy atom. The molecule has 0 radical (unpaired) electrons. The van der Waals surface area contributed by atoms with Crippen molar-refractivity contribution in [1.82, 2.24) is 19.9 Å². The second kappa shape index (κ2) is 10.8. The van der Waals surface area contributed by atoms with E-state index in [1.165, 1.54) is 17.0 Å². The van der Waals surface area contributed by atoms with E-state index < -0.39 is 56.8 Å². The van der Waals surface area contributed by atoms with Crippen LogP contribution in [0.1, 0.15) is 38.7 Å². The molecule has 1 aliphatic carbocycles. The molecule has 1 aromatic heterocycles. The monoisotopic (exact) mass is 612 g/mol. The van der Waals surface area contributed by atoms with E-state index in [2.05, 4.69) is 21.6 Å². The lowest BCUT2D eigenvalue weighted by molar-refractivity contribution is -0.131. The number of hydrogen-bond acceptors (Lipinski definition) is 6. The maximum absolute atomic E-state index is 13.9. The molecule has 0 spiro atoms.